The minimum atomic E-state index is -0.653. The molecule has 1 fully saturated rings. The minimum Gasteiger partial charge on any atom is -0.467 e. The molecule has 2 heterocycles. The summed E-state index contributed by atoms with van der Waals surface area (Å²) in [4.78, 5) is 28.7. The van der Waals surface area contributed by atoms with Gasteiger partial charge in [0, 0.05) is 26.3 Å². The predicted octanol–water partition coefficient (Wildman–Crippen LogP) is 1.92. The van der Waals surface area contributed by atoms with E-state index in [1.165, 1.54) is 6.26 Å². The van der Waals surface area contributed by atoms with Gasteiger partial charge in [-0.3, -0.25) is 14.5 Å². The Bertz CT molecular complexity index is 765. The number of hydrogen-bond donors (Lipinski definition) is 2. The highest BCUT2D eigenvalue weighted by Gasteiger charge is 2.25. The van der Waals surface area contributed by atoms with E-state index in [1.807, 2.05) is 14.1 Å². The van der Waals surface area contributed by atoms with Gasteiger partial charge in [0.15, 0.2) is 0 Å². The van der Waals surface area contributed by atoms with Crippen molar-refractivity contribution in [3.05, 3.63) is 54.0 Å². The molecule has 0 bridgehead atoms. The van der Waals surface area contributed by atoms with Gasteiger partial charge >= 0.3 is 11.8 Å². The highest BCUT2D eigenvalue weighted by atomic mass is 16.3. The Morgan fingerprint density at radius 1 is 1.07 bits per heavy atom. The molecule has 7 heteroatoms. The van der Waals surface area contributed by atoms with E-state index in [9.17, 15) is 9.59 Å². The van der Waals surface area contributed by atoms with Crippen LogP contribution in [-0.2, 0) is 16.1 Å². The average Bonchev–Trinajstić information content (AvgIpc) is 3.40. The molecule has 1 saturated heterocycles. The largest absolute Gasteiger partial charge is 0.467 e. The van der Waals surface area contributed by atoms with Gasteiger partial charge in [-0.05, 0) is 55.8 Å². The number of nitrogens with zero attached hydrogens (tertiary/aromatic N) is 2. The van der Waals surface area contributed by atoms with Crippen LogP contribution in [0.1, 0.15) is 30.2 Å². The molecule has 2 aromatic rings. The number of carbonyl (C=O) groups is 2. The summed E-state index contributed by atoms with van der Waals surface area (Å²) in [6, 6.07) is 11.9. The normalized spacial score (nSPS) is 15.2. The highest BCUT2D eigenvalue weighted by molar-refractivity contribution is 6.35. The van der Waals surface area contributed by atoms with E-state index >= 15 is 0 Å². The second kappa shape index (κ2) is 9.41. The van der Waals surface area contributed by atoms with Crippen molar-refractivity contribution in [2.75, 3.05) is 38.6 Å². The van der Waals surface area contributed by atoms with Gasteiger partial charge in [-0.15, -0.1) is 0 Å². The van der Waals surface area contributed by atoms with Crippen LogP contribution in [0.4, 0.5) is 5.69 Å². The zero-order chi connectivity index (χ0) is 19.9. The van der Waals surface area contributed by atoms with Crippen LogP contribution in [0.15, 0.2) is 47.1 Å². The molecule has 0 spiro atoms. The zero-order valence-electron chi connectivity index (χ0n) is 16.5. The monoisotopic (exact) mass is 384 g/mol. The number of hydrogen-bond acceptors (Lipinski definition) is 5. The number of nitrogens with one attached hydrogen (secondary N) is 2. The van der Waals surface area contributed by atoms with Gasteiger partial charge in [0.05, 0.1) is 18.8 Å². The van der Waals surface area contributed by atoms with E-state index in [0.717, 1.165) is 37.2 Å². The Morgan fingerprint density at radius 3 is 2.36 bits per heavy atom. The number of anilines is 1. The Kier molecular flexibility index (Phi) is 6.71. The molecular formula is C21H28N4O3. The lowest BCUT2D eigenvalue weighted by Crippen LogP contribution is -2.43. The molecule has 150 valence electrons. The van der Waals surface area contributed by atoms with Gasteiger partial charge in [-0.1, -0.05) is 12.1 Å². The molecule has 28 heavy (non-hydrogen) atoms. The van der Waals surface area contributed by atoms with Crippen molar-refractivity contribution < 1.29 is 14.0 Å². The number of furan rings is 1. The molecule has 3 rings (SSSR count). The van der Waals surface area contributed by atoms with Crippen molar-refractivity contribution in [3.63, 3.8) is 0 Å². The fourth-order valence-electron chi connectivity index (χ4n) is 3.44. The first-order chi connectivity index (χ1) is 13.5. The predicted molar refractivity (Wildman–Crippen MR) is 108 cm³/mol. The van der Waals surface area contributed by atoms with E-state index in [4.69, 9.17) is 4.42 Å². The van der Waals surface area contributed by atoms with Crippen molar-refractivity contribution >= 4 is 17.5 Å². The van der Waals surface area contributed by atoms with Gasteiger partial charge in [0.25, 0.3) is 0 Å². The van der Waals surface area contributed by atoms with Gasteiger partial charge < -0.3 is 20.0 Å². The zero-order valence-corrected chi connectivity index (χ0v) is 16.5. The third-order valence-corrected chi connectivity index (χ3v) is 5.04. The van der Waals surface area contributed by atoms with Crippen molar-refractivity contribution in [1.82, 2.24) is 15.5 Å². The lowest BCUT2D eigenvalue weighted by Gasteiger charge is -2.28. The molecule has 1 aromatic carbocycles. The topological polar surface area (TPSA) is 77.8 Å². The summed E-state index contributed by atoms with van der Waals surface area (Å²) >= 11 is 0. The Hall–Kier alpha value is -2.80. The molecule has 1 aliphatic rings. The number of rotatable bonds is 7. The summed E-state index contributed by atoms with van der Waals surface area (Å²) in [6.07, 6.45) is 3.84. The van der Waals surface area contributed by atoms with Crippen LogP contribution in [0.3, 0.4) is 0 Å². The SMILES string of the molecule is CN(C)c1ccc([C@H](CNC(=O)C(=O)NCc2ccco2)N2CCCC2)cc1. The van der Waals surface area contributed by atoms with Crippen molar-refractivity contribution in [2.45, 2.75) is 25.4 Å². The Balaban J connectivity index is 1.59. The van der Waals surface area contributed by atoms with Gasteiger partial charge in [0.1, 0.15) is 5.76 Å². The second-order valence-corrected chi connectivity index (χ2v) is 7.22. The number of amides is 2. The van der Waals surface area contributed by atoms with E-state index in [1.54, 1.807) is 12.1 Å². The molecule has 2 amide bonds. The number of likely N-dealkylation sites (tertiary alicyclic amines) is 1. The van der Waals surface area contributed by atoms with Crippen LogP contribution in [0.25, 0.3) is 0 Å². The Labute approximate surface area is 165 Å². The summed E-state index contributed by atoms with van der Waals surface area (Å²) in [5, 5.41) is 5.37. The molecule has 2 N–H and O–H groups in total. The second-order valence-electron chi connectivity index (χ2n) is 7.22. The summed E-state index contributed by atoms with van der Waals surface area (Å²) in [6.45, 7) is 2.59. The van der Waals surface area contributed by atoms with Crippen LogP contribution < -0.4 is 15.5 Å². The molecule has 7 nitrogen and oxygen atoms in total. The van der Waals surface area contributed by atoms with Crippen LogP contribution in [0, 0.1) is 0 Å². The maximum atomic E-state index is 12.2. The van der Waals surface area contributed by atoms with Crippen LogP contribution in [-0.4, -0.2) is 50.4 Å². The summed E-state index contributed by atoms with van der Waals surface area (Å²) in [5.41, 5.74) is 2.27. The van der Waals surface area contributed by atoms with E-state index in [0.29, 0.717) is 12.3 Å². The van der Waals surface area contributed by atoms with Crippen LogP contribution in [0.2, 0.25) is 0 Å². The minimum absolute atomic E-state index is 0.0561. The lowest BCUT2D eigenvalue weighted by atomic mass is 10.0. The quantitative estimate of drug-likeness (QED) is 0.713. The van der Waals surface area contributed by atoms with E-state index in [2.05, 4.69) is 44.7 Å². The summed E-state index contributed by atoms with van der Waals surface area (Å²) < 4.78 is 5.16. The molecule has 1 aromatic heterocycles. The first kappa shape index (κ1) is 19.9. The average molecular weight is 384 g/mol. The molecular weight excluding hydrogens is 356 g/mol. The first-order valence-corrected chi connectivity index (χ1v) is 9.64. The third kappa shape index (κ3) is 5.13. The van der Waals surface area contributed by atoms with E-state index in [-0.39, 0.29) is 12.6 Å². The van der Waals surface area contributed by atoms with E-state index < -0.39 is 11.8 Å². The van der Waals surface area contributed by atoms with Gasteiger partial charge in [-0.2, -0.15) is 0 Å². The number of carbonyl (C=O) groups excluding carboxylic acids is 2. The summed E-state index contributed by atoms with van der Waals surface area (Å²) in [7, 11) is 4.02. The van der Waals surface area contributed by atoms with Crippen molar-refractivity contribution in [1.29, 1.82) is 0 Å². The molecule has 0 radical (unpaired) electrons. The highest BCUT2D eigenvalue weighted by Crippen LogP contribution is 2.26. The Morgan fingerprint density at radius 2 is 1.75 bits per heavy atom. The maximum absolute atomic E-state index is 12.2. The standard InChI is InChI=1S/C21H28N4O3/c1-24(2)17-9-7-16(8-10-17)19(25-11-3-4-12-25)15-23-21(27)20(26)22-14-18-6-5-13-28-18/h5-10,13,19H,3-4,11-12,14-15H2,1-2H3,(H,22,26)(H,23,27)/t19-/m0/s1. The fourth-order valence-corrected chi connectivity index (χ4v) is 3.44. The maximum Gasteiger partial charge on any atom is 0.309 e. The molecule has 0 unspecified atom stereocenters. The third-order valence-electron chi connectivity index (χ3n) is 5.04. The fraction of sp³-hybridized carbons (Fsp3) is 0.429. The van der Waals surface area contributed by atoms with Gasteiger partial charge in [-0.25, -0.2) is 0 Å². The van der Waals surface area contributed by atoms with Crippen molar-refractivity contribution in [2.24, 2.45) is 0 Å². The first-order valence-electron chi connectivity index (χ1n) is 9.64. The smallest absolute Gasteiger partial charge is 0.309 e. The molecule has 1 atom stereocenters. The van der Waals surface area contributed by atoms with Crippen molar-refractivity contribution in [3.8, 4) is 0 Å². The molecule has 1 aliphatic heterocycles. The van der Waals surface area contributed by atoms with Crippen LogP contribution in [0.5, 0.6) is 0 Å². The lowest BCUT2D eigenvalue weighted by molar-refractivity contribution is -0.139. The molecule has 0 aliphatic carbocycles. The summed E-state index contributed by atoms with van der Waals surface area (Å²) in [5.74, 6) is -0.669. The van der Waals surface area contributed by atoms with Gasteiger partial charge in [0.2, 0.25) is 0 Å². The number of benzene rings is 1. The molecule has 0 saturated carbocycles. The van der Waals surface area contributed by atoms with Crippen LogP contribution >= 0.6 is 0 Å².